The first-order valence-corrected chi connectivity index (χ1v) is 12.5. The van der Waals surface area contributed by atoms with Crippen LogP contribution in [0, 0.1) is 0 Å². The molecule has 0 aliphatic rings. The van der Waals surface area contributed by atoms with E-state index in [9.17, 15) is 0 Å². The molecule has 8 heteroatoms. The SMILES string of the molecule is CCCCCCCCCCCCCCCCOCCOC(C)O.O=P(O)(O)O. The Balaban J connectivity index is 0. The van der Waals surface area contributed by atoms with Crippen LogP contribution in [0.25, 0.3) is 0 Å². The summed E-state index contributed by atoms with van der Waals surface area (Å²) in [5.74, 6) is 0. The van der Waals surface area contributed by atoms with Gasteiger partial charge in [0.05, 0.1) is 13.2 Å². The second kappa shape index (κ2) is 23.3. The standard InChI is InChI=1S/C20H42O3.H3O4P/c1-3-4-5-6-7-8-9-10-11-12-13-14-15-16-17-22-18-19-23-20(2)21;1-5(2,3)4/h20-21H,3-19H2,1-2H3;(H3,1,2,3,4). The fourth-order valence-corrected chi connectivity index (χ4v) is 2.78. The quantitative estimate of drug-likeness (QED) is 0.131. The number of ether oxygens (including phenoxy) is 2. The molecule has 1 unspecified atom stereocenters. The molecule has 28 heavy (non-hydrogen) atoms. The monoisotopic (exact) mass is 428 g/mol. The predicted octanol–water partition coefficient (Wildman–Crippen LogP) is 4.91. The van der Waals surface area contributed by atoms with Gasteiger partial charge in [-0.05, 0) is 13.3 Å². The van der Waals surface area contributed by atoms with Gasteiger partial charge in [0.1, 0.15) is 0 Å². The van der Waals surface area contributed by atoms with Gasteiger partial charge in [0, 0.05) is 6.61 Å². The number of phosphoric acid groups is 1. The van der Waals surface area contributed by atoms with Gasteiger partial charge >= 0.3 is 7.82 Å². The van der Waals surface area contributed by atoms with Crippen molar-refractivity contribution in [1.82, 2.24) is 0 Å². The van der Waals surface area contributed by atoms with Crippen molar-refractivity contribution in [3.05, 3.63) is 0 Å². The normalized spacial score (nSPS) is 12.5. The third-order valence-electron chi connectivity index (χ3n) is 4.23. The van der Waals surface area contributed by atoms with E-state index >= 15 is 0 Å². The van der Waals surface area contributed by atoms with Crippen molar-refractivity contribution in [3.8, 4) is 0 Å². The molecule has 7 nitrogen and oxygen atoms in total. The van der Waals surface area contributed by atoms with E-state index in [2.05, 4.69) is 6.92 Å². The van der Waals surface area contributed by atoms with Crippen molar-refractivity contribution in [3.63, 3.8) is 0 Å². The minimum atomic E-state index is -4.64. The minimum Gasteiger partial charge on any atom is -0.379 e. The number of unbranched alkanes of at least 4 members (excludes halogenated alkanes) is 13. The third kappa shape index (κ3) is 40.6. The Morgan fingerprint density at radius 1 is 0.679 bits per heavy atom. The number of aliphatic hydroxyl groups excluding tert-OH is 1. The molecule has 0 saturated carbocycles. The van der Waals surface area contributed by atoms with E-state index in [1.807, 2.05) is 0 Å². The summed E-state index contributed by atoms with van der Waals surface area (Å²) >= 11 is 0. The summed E-state index contributed by atoms with van der Waals surface area (Å²) in [4.78, 5) is 21.6. The van der Waals surface area contributed by atoms with Crippen LogP contribution >= 0.6 is 7.82 Å². The van der Waals surface area contributed by atoms with Gasteiger partial charge in [-0.25, -0.2) is 4.57 Å². The van der Waals surface area contributed by atoms with E-state index in [0.29, 0.717) is 13.2 Å². The predicted molar refractivity (Wildman–Crippen MR) is 113 cm³/mol. The molecule has 0 saturated heterocycles. The van der Waals surface area contributed by atoms with Crippen molar-refractivity contribution in [1.29, 1.82) is 0 Å². The molecule has 0 amide bonds. The van der Waals surface area contributed by atoms with Crippen molar-refractivity contribution in [2.75, 3.05) is 19.8 Å². The summed E-state index contributed by atoms with van der Waals surface area (Å²) in [6, 6.07) is 0. The second-order valence-electron chi connectivity index (χ2n) is 7.19. The van der Waals surface area contributed by atoms with Gasteiger partial charge in [-0.2, -0.15) is 0 Å². The molecule has 0 aromatic carbocycles. The van der Waals surface area contributed by atoms with E-state index in [0.717, 1.165) is 13.0 Å². The smallest absolute Gasteiger partial charge is 0.379 e. The molecule has 0 fully saturated rings. The van der Waals surface area contributed by atoms with Crippen LogP contribution in [0.4, 0.5) is 0 Å². The lowest BCUT2D eigenvalue weighted by Crippen LogP contribution is -2.12. The maximum Gasteiger partial charge on any atom is 0.466 e. The zero-order valence-corrected chi connectivity index (χ0v) is 19.0. The van der Waals surface area contributed by atoms with Crippen molar-refractivity contribution in [2.24, 2.45) is 0 Å². The van der Waals surface area contributed by atoms with E-state index < -0.39 is 14.1 Å². The highest BCUT2D eigenvalue weighted by Gasteiger charge is 2.00. The summed E-state index contributed by atoms with van der Waals surface area (Å²) in [6.07, 6.45) is 18.7. The number of hydrogen-bond acceptors (Lipinski definition) is 4. The fourth-order valence-electron chi connectivity index (χ4n) is 2.78. The molecule has 0 spiro atoms. The molecule has 1 atom stereocenters. The van der Waals surface area contributed by atoms with Crippen LogP contribution in [0.3, 0.4) is 0 Å². The number of aliphatic hydroxyl groups is 1. The van der Waals surface area contributed by atoms with Crippen LogP contribution in [0.1, 0.15) is 104 Å². The van der Waals surface area contributed by atoms with Gasteiger partial charge in [0.2, 0.25) is 0 Å². The van der Waals surface area contributed by atoms with Gasteiger partial charge in [0.15, 0.2) is 6.29 Å². The number of rotatable bonds is 19. The first-order chi connectivity index (χ1) is 13.3. The lowest BCUT2D eigenvalue weighted by Gasteiger charge is -2.07. The average Bonchev–Trinajstić information content (AvgIpc) is 2.59. The van der Waals surface area contributed by atoms with Crippen LogP contribution in [-0.4, -0.2) is 45.9 Å². The molecule has 0 radical (unpaired) electrons. The van der Waals surface area contributed by atoms with Gasteiger partial charge in [-0.15, -0.1) is 0 Å². The lowest BCUT2D eigenvalue weighted by atomic mass is 10.0. The lowest BCUT2D eigenvalue weighted by molar-refractivity contribution is -0.0994. The second-order valence-corrected chi connectivity index (χ2v) is 8.22. The molecule has 4 N–H and O–H groups in total. The molecule has 0 heterocycles. The van der Waals surface area contributed by atoms with Crippen molar-refractivity contribution >= 4 is 7.82 Å². The largest absolute Gasteiger partial charge is 0.466 e. The summed E-state index contributed by atoms with van der Waals surface area (Å²) in [5.41, 5.74) is 0. The summed E-state index contributed by atoms with van der Waals surface area (Å²) < 4.78 is 19.3. The number of hydrogen-bond donors (Lipinski definition) is 4. The first-order valence-electron chi connectivity index (χ1n) is 10.9. The minimum absolute atomic E-state index is 0.482. The molecule has 0 aliphatic carbocycles. The molecule has 0 aliphatic heterocycles. The molecule has 0 bridgehead atoms. The van der Waals surface area contributed by atoms with Crippen LogP contribution in [0.5, 0.6) is 0 Å². The van der Waals surface area contributed by atoms with E-state index in [-0.39, 0.29) is 0 Å². The molecular formula is C20H45O7P. The maximum atomic E-state index is 8.91. The third-order valence-corrected chi connectivity index (χ3v) is 4.23. The summed E-state index contributed by atoms with van der Waals surface area (Å²) in [7, 11) is -4.64. The zero-order valence-electron chi connectivity index (χ0n) is 18.1. The molecular weight excluding hydrogens is 383 g/mol. The Morgan fingerprint density at radius 2 is 1.04 bits per heavy atom. The topological polar surface area (TPSA) is 116 Å². The Hall–Kier alpha value is -0.0100. The van der Waals surface area contributed by atoms with Crippen molar-refractivity contribution < 1.29 is 33.8 Å². The molecule has 0 rings (SSSR count). The van der Waals surface area contributed by atoms with E-state index in [1.54, 1.807) is 6.92 Å². The maximum absolute atomic E-state index is 8.91. The summed E-state index contributed by atoms with van der Waals surface area (Å²) in [5, 5.41) is 8.91. The highest BCUT2D eigenvalue weighted by atomic mass is 31.2. The Kier molecular flexibility index (Phi) is 25.1. The van der Waals surface area contributed by atoms with E-state index in [4.69, 9.17) is 33.8 Å². The fraction of sp³-hybridized carbons (Fsp3) is 1.00. The van der Waals surface area contributed by atoms with Crippen LogP contribution in [0.15, 0.2) is 0 Å². The Morgan fingerprint density at radius 3 is 1.39 bits per heavy atom. The van der Waals surface area contributed by atoms with Gasteiger partial charge in [0.25, 0.3) is 0 Å². The van der Waals surface area contributed by atoms with Crippen molar-refractivity contribution in [2.45, 2.75) is 110 Å². The molecule has 0 aromatic heterocycles. The van der Waals surface area contributed by atoms with Gasteiger partial charge in [-0.1, -0.05) is 90.4 Å². The molecule has 172 valence electrons. The van der Waals surface area contributed by atoms with Gasteiger partial charge < -0.3 is 29.3 Å². The Labute approximate surface area is 172 Å². The average molecular weight is 429 g/mol. The van der Waals surface area contributed by atoms with E-state index in [1.165, 1.54) is 83.5 Å². The molecule has 0 aromatic rings. The zero-order chi connectivity index (χ0) is 21.5. The highest BCUT2D eigenvalue weighted by molar-refractivity contribution is 7.45. The van der Waals surface area contributed by atoms with Gasteiger partial charge in [-0.3, -0.25) is 0 Å². The van der Waals surface area contributed by atoms with Crippen LogP contribution in [0.2, 0.25) is 0 Å². The first kappa shape index (κ1) is 30.2. The summed E-state index contributed by atoms with van der Waals surface area (Å²) in [6.45, 7) is 5.79. The van der Waals surface area contributed by atoms with Crippen LogP contribution < -0.4 is 0 Å². The van der Waals surface area contributed by atoms with Crippen LogP contribution in [-0.2, 0) is 14.0 Å². The highest BCUT2D eigenvalue weighted by Crippen LogP contribution is 2.25. The Bertz CT molecular complexity index is 326.